The molecule has 0 spiro atoms. The fourth-order valence-electron chi connectivity index (χ4n) is 0.869. The summed E-state index contributed by atoms with van der Waals surface area (Å²) in [5, 5.41) is 0. The van der Waals surface area contributed by atoms with Gasteiger partial charge in [0.05, 0.1) is 13.2 Å². The molecule has 5 heteroatoms. The monoisotopic (exact) mass is 146 g/mol. The minimum Gasteiger partial charge on any atom is -0.379 e. The zero-order valence-corrected chi connectivity index (χ0v) is 6.60. The van der Waals surface area contributed by atoms with Gasteiger partial charge in [-0.3, -0.25) is 4.67 Å². The van der Waals surface area contributed by atoms with Gasteiger partial charge in [-0.1, -0.05) is 0 Å². The summed E-state index contributed by atoms with van der Waals surface area (Å²) in [5.74, 6) is 0. The van der Waals surface area contributed by atoms with Gasteiger partial charge < -0.3 is 10.2 Å². The van der Waals surface area contributed by atoms with E-state index in [1.165, 1.54) is 0 Å². The Morgan fingerprint density at radius 2 is 2.00 bits per heavy atom. The standard InChI is InChI=1S/C4H12BN2OP/c5-9(6)7-1-3-8-4-2-7/h1-6H2. The number of nitrogens with two attached hydrogens (primary N) is 1. The van der Waals surface area contributed by atoms with Crippen LogP contribution < -0.4 is 5.50 Å². The minimum absolute atomic E-state index is 0.365. The summed E-state index contributed by atoms with van der Waals surface area (Å²) in [4.78, 5) is 0. The third-order valence-corrected chi connectivity index (χ3v) is 2.73. The number of hydrogen-bond acceptors (Lipinski definition) is 3. The highest BCUT2D eigenvalue weighted by Crippen LogP contribution is 2.24. The van der Waals surface area contributed by atoms with E-state index in [1.54, 1.807) is 0 Å². The molecule has 0 aromatic heterocycles. The van der Waals surface area contributed by atoms with Crippen LogP contribution in [0.1, 0.15) is 0 Å². The van der Waals surface area contributed by atoms with Crippen molar-refractivity contribution in [2.24, 2.45) is 5.50 Å². The predicted molar refractivity (Wildman–Crippen MR) is 42.0 cm³/mol. The summed E-state index contributed by atoms with van der Waals surface area (Å²) < 4.78 is 7.44. The predicted octanol–water partition coefficient (Wildman–Crippen LogP) is -0.863. The minimum atomic E-state index is -0.365. The Morgan fingerprint density at radius 3 is 2.33 bits per heavy atom. The van der Waals surface area contributed by atoms with E-state index in [0.717, 1.165) is 26.3 Å². The first-order valence-electron chi connectivity index (χ1n) is 3.12. The molecule has 1 rings (SSSR count). The van der Waals surface area contributed by atoms with Crippen molar-refractivity contribution < 1.29 is 4.74 Å². The fraction of sp³-hybridized carbons (Fsp3) is 1.00. The van der Waals surface area contributed by atoms with Crippen molar-refractivity contribution in [3.63, 3.8) is 0 Å². The summed E-state index contributed by atoms with van der Waals surface area (Å²) in [6, 6.07) is 0. The van der Waals surface area contributed by atoms with Crippen LogP contribution >= 0.6 is 8.10 Å². The van der Waals surface area contributed by atoms with Gasteiger partial charge in [0, 0.05) is 13.1 Å². The van der Waals surface area contributed by atoms with Gasteiger partial charge >= 0.3 is 0 Å². The van der Waals surface area contributed by atoms with Gasteiger partial charge in [-0.05, 0) is 8.10 Å². The van der Waals surface area contributed by atoms with E-state index in [2.05, 4.69) is 12.2 Å². The van der Waals surface area contributed by atoms with Crippen molar-refractivity contribution in [3.05, 3.63) is 0 Å². The normalized spacial score (nSPS) is 25.9. The van der Waals surface area contributed by atoms with Crippen molar-refractivity contribution in [2.75, 3.05) is 26.3 Å². The molecule has 0 aromatic carbocycles. The van der Waals surface area contributed by atoms with Gasteiger partial charge in [0.2, 0.25) is 0 Å². The van der Waals surface area contributed by atoms with Crippen molar-refractivity contribution in [2.45, 2.75) is 0 Å². The van der Waals surface area contributed by atoms with E-state index in [9.17, 15) is 0 Å². The summed E-state index contributed by atoms with van der Waals surface area (Å²) in [5.41, 5.74) is 5.70. The Balaban J connectivity index is 2.23. The Bertz CT molecular complexity index is 86.6. The van der Waals surface area contributed by atoms with Crippen LogP contribution in [0.2, 0.25) is 0 Å². The summed E-state index contributed by atoms with van der Waals surface area (Å²) in [6.45, 7) is 3.73. The molecular weight excluding hydrogens is 134 g/mol. The van der Waals surface area contributed by atoms with Crippen LogP contribution in [0.25, 0.3) is 0 Å². The van der Waals surface area contributed by atoms with E-state index in [-0.39, 0.29) is 8.10 Å². The van der Waals surface area contributed by atoms with Gasteiger partial charge in [-0.15, -0.1) is 0 Å². The molecule has 0 aromatic rings. The molecule has 3 nitrogen and oxygen atoms in total. The molecule has 52 valence electrons. The molecule has 1 aliphatic heterocycles. The Morgan fingerprint density at radius 1 is 1.44 bits per heavy atom. The maximum absolute atomic E-state index is 5.70. The third kappa shape index (κ3) is 2.22. The molecule has 0 radical (unpaired) electrons. The third-order valence-electron chi connectivity index (χ3n) is 1.43. The lowest BCUT2D eigenvalue weighted by molar-refractivity contribution is 0.0754. The molecular formula is C4H12BN2OP. The van der Waals surface area contributed by atoms with E-state index >= 15 is 0 Å². The molecule has 1 heterocycles. The van der Waals surface area contributed by atoms with Crippen LogP contribution in [0.4, 0.5) is 0 Å². The Kier molecular flexibility index (Phi) is 2.93. The SMILES string of the molecule is BP(N)N1CCOCC1. The summed E-state index contributed by atoms with van der Waals surface area (Å²) in [6.07, 6.45) is 0. The molecule has 0 aliphatic carbocycles. The molecule has 9 heavy (non-hydrogen) atoms. The second-order valence-corrected chi connectivity index (χ2v) is 3.85. The van der Waals surface area contributed by atoms with Gasteiger partial charge in [0.1, 0.15) is 0 Å². The lowest BCUT2D eigenvalue weighted by atomic mass is 10.5. The Labute approximate surface area is 57.8 Å². The number of nitrogens with zero attached hydrogens (tertiary/aromatic N) is 1. The lowest BCUT2D eigenvalue weighted by Crippen LogP contribution is -2.34. The van der Waals surface area contributed by atoms with Crippen LogP contribution in [-0.2, 0) is 4.74 Å². The van der Waals surface area contributed by atoms with Crippen molar-refractivity contribution in [3.8, 4) is 0 Å². The van der Waals surface area contributed by atoms with Gasteiger partial charge in [-0.2, -0.15) is 0 Å². The molecule has 0 bridgehead atoms. The van der Waals surface area contributed by atoms with Gasteiger partial charge in [0.15, 0.2) is 7.57 Å². The number of hydrogen-bond donors (Lipinski definition) is 1. The smallest absolute Gasteiger partial charge is 0.172 e. The van der Waals surface area contributed by atoms with E-state index in [0.29, 0.717) is 0 Å². The number of morpholine rings is 1. The molecule has 1 saturated heterocycles. The van der Waals surface area contributed by atoms with E-state index in [4.69, 9.17) is 10.2 Å². The van der Waals surface area contributed by atoms with Crippen LogP contribution in [0.5, 0.6) is 0 Å². The molecule has 1 atom stereocenters. The lowest BCUT2D eigenvalue weighted by Gasteiger charge is -2.29. The summed E-state index contributed by atoms with van der Waals surface area (Å²) >= 11 is 0. The molecule has 0 amide bonds. The topological polar surface area (TPSA) is 38.5 Å². The number of ether oxygens (including phenoxy) is 1. The van der Waals surface area contributed by atoms with E-state index < -0.39 is 0 Å². The molecule has 0 saturated carbocycles. The zero-order valence-electron chi connectivity index (χ0n) is 5.71. The van der Waals surface area contributed by atoms with Crippen molar-refractivity contribution in [1.82, 2.24) is 4.67 Å². The van der Waals surface area contributed by atoms with Crippen LogP contribution in [0.3, 0.4) is 0 Å². The maximum Gasteiger partial charge on any atom is 0.172 e. The average molecular weight is 146 g/mol. The van der Waals surface area contributed by atoms with Gasteiger partial charge in [-0.25, -0.2) is 0 Å². The van der Waals surface area contributed by atoms with E-state index in [1.807, 2.05) is 0 Å². The van der Waals surface area contributed by atoms with Crippen LogP contribution in [-0.4, -0.2) is 38.5 Å². The fourth-order valence-corrected chi connectivity index (χ4v) is 1.66. The largest absolute Gasteiger partial charge is 0.379 e. The van der Waals surface area contributed by atoms with Gasteiger partial charge in [0.25, 0.3) is 0 Å². The van der Waals surface area contributed by atoms with Crippen molar-refractivity contribution in [1.29, 1.82) is 0 Å². The van der Waals surface area contributed by atoms with Crippen molar-refractivity contribution >= 4 is 15.7 Å². The Hall–Kier alpha value is 0.375. The second kappa shape index (κ2) is 3.52. The highest BCUT2D eigenvalue weighted by molar-refractivity contribution is 7.78. The maximum atomic E-state index is 5.70. The molecule has 1 unspecified atom stereocenters. The highest BCUT2D eigenvalue weighted by atomic mass is 31.1. The zero-order chi connectivity index (χ0) is 6.69. The second-order valence-electron chi connectivity index (χ2n) is 2.14. The highest BCUT2D eigenvalue weighted by Gasteiger charge is 2.12. The number of rotatable bonds is 1. The first-order chi connectivity index (χ1) is 4.30. The molecule has 1 fully saturated rings. The quantitative estimate of drug-likeness (QED) is 0.386. The summed E-state index contributed by atoms with van der Waals surface area (Å²) in [7, 11) is 1.70. The van der Waals surface area contributed by atoms with Crippen LogP contribution in [0.15, 0.2) is 0 Å². The first-order valence-corrected chi connectivity index (χ1v) is 4.93. The molecule has 1 aliphatic rings. The average Bonchev–Trinajstić information content (AvgIpc) is 1.90. The molecule has 2 N–H and O–H groups in total. The van der Waals surface area contributed by atoms with Crippen LogP contribution in [0, 0.1) is 0 Å². The first kappa shape index (κ1) is 7.48.